The molecule has 27 heavy (non-hydrogen) atoms. The molecule has 4 rings (SSSR count). The van der Waals surface area contributed by atoms with E-state index >= 15 is 0 Å². The Morgan fingerprint density at radius 3 is 2.15 bits per heavy atom. The first-order chi connectivity index (χ1) is 13.1. The molecule has 0 saturated carbocycles. The second-order valence-electron chi connectivity index (χ2n) is 6.47. The third kappa shape index (κ3) is 4.20. The van der Waals surface area contributed by atoms with Crippen LogP contribution in [0.1, 0.15) is 29.7 Å². The highest BCUT2D eigenvalue weighted by Gasteiger charge is 2.22. The molecule has 1 heterocycles. The molecule has 1 aromatic heterocycles. The van der Waals surface area contributed by atoms with E-state index in [1.165, 1.54) is 16.7 Å². The van der Waals surface area contributed by atoms with Gasteiger partial charge in [-0.15, -0.1) is 0 Å². The van der Waals surface area contributed by atoms with Crippen molar-refractivity contribution in [3.63, 3.8) is 0 Å². The molecule has 2 aromatic carbocycles. The van der Waals surface area contributed by atoms with Crippen molar-refractivity contribution in [3.05, 3.63) is 74.3 Å². The third-order valence-electron chi connectivity index (χ3n) is 4.67. The smallest absolute Gasteiger partial charge is 0.188 e. The fourth-order valence-electron chi connectivity index (χ4n) is 3.38. The molecule has 0 radical (unpaired) electrons. The zero-order chi connectivity index (χ0) is 18.8. The largest absolute Gasteiger partial charge is 0.223 e. The summed E-state index contributed by atoms with van der Waals surface area (Å²) >= 11 is 8.63. The molecule has 0 bridgehead atoms. The maximum atomic E-state index is 4.90. The van der Waals surface area contributed by atoms with Crippen molar-refractivity contribution in [3.8, 4) is 11.3 Å². The number of aromatic nitrogens is 2. The number of allylic oxidation sites excluding steroid dienone is 1. The van der Waals surface area contributed by atoms with E-state index in [-0.39, 0.29) is 0 Å². The van der Waals surface area contributed by atoms with Crippen LogP contribution in [0.5, 0.6) is 0 Å². The van der Waals surface area contributed by atoms with E-state index in [0.717, 1.165) is 50.3 Å². The van der Waals surface area contributed by atoms with Crippen molar-refractivity contribution >= 4 is 55.3 Å². The Bertz CT molecular complexity index is 996. The Morgan fingerprint density at radius 1 is 0.852 bits per heavy atom. The lowest BCUT2D eigenvalue weighted by molar-refractivity contribution is 0.784. The molecule has 0 amide bonds. The summed E-state index contributed by atoms with van der Waals surface area (Å²) in [5.74, 6) is 0. The maximum Gasteiger partial charge on any atom is 0.188 e. The zero-order valence-corrected chi connectivity index (χ0v) is 18.9. The summed E-state index contributed by atoms with van der Waals surface area (Å²) in [6.45, 7) is 0. The molecule has 0 saturated heterocycles. The summed E-state index contributed by atoms with van der Waals surface area (Å²) in [5.41, 5.74) is 7.10. The minimum atomic E-state index is 0.829. The number of rotatable bonds is 3. The van der Waals surface area contributed by atoms with Crippen LogP contribution < -0.4 is 0 Å². The highest BCUT2D eigenvalue weighted by molar-refractivity contribution is 9.10. The van der Waals surface area contributed by atoms with Crippen molar-refractivity contribution in [2.45, 2.75) is 24.4 Å². The van der Waals surface area contributed by atoms with Crippen LogP contribution in [0.4, 0.5) is 0 Å². The lowest BCUT2D eigenvalue weighted by atomic mass is 9.88. The standard InChI is InChI=1S/C22H18Br2N2S/c1-27-22-25-20(15-7-11-18(24)12-8-15)19-4-2-3-16(21(19)26-22)13-14-5-9-17(23)10-6-14/h5-13H,2-4H2,1H3/b16-13+. The van der Waals surface area contributed by atoms with Crippen LogP contribution in [0, 0.1) is 0 Å². The molecule has 2 nitrogen and oxygen atoms in total. The van der Waals surface area contributed by atoms with Crippen LogP contribution in [0.25, 0.3) is 22.9 Å². The summed E-state index contributed by atoms with van der Waals surface area (Å²) in [6, 6.07) is 16.8. The van der Waals surface area contributed by atoms with E-state index in [1.807, 2.05) is 6.26 Å². The quantitative estimate of drug-likeness (QED) is 0.279. The monoisotopic (exact) mass is 500 g/mol. The first kappa shape index (κ1) is 18.9. The van der Waals surface area contributed by atoms with Crippen LogP contribution in [0.3, 0.4) is 0 Å². The van der Waals surface area contributed by atoms with Gasteiger partial charge < -0.3 is 0 Å². The molecule has 0 spiro atoms. The van der Waals surface area contributed by atoms with Gasteiger partial charge >= 0.3 is 0 Å². The molecule has 0 atom stereocenters. The van der Waals surface area contributed by atoms with Crippen molar-refractivity contribution in [2.24, 2.45) is 0 Å². The van der Waals surface area contributed by atoms with Gasteiger partial charge in [0.2, 0.25) is 0 Å². The van der Waals surface area contributed by atoms with Crippen molar-refractivity contribution in [1.82, 2.24) is 9.97 Å². The van der Waals surface area contributed by atoms with Crippen LogP contribution >= 0.6 is 43.6 Å². The average Bonchev–Trinajstić information content (AvgIpc) is 2.70. The molecule has 3 aromatic rings. The van der Waals surface area contributed by atoms with Gasteiger partial charge in [-0.1, -0.05) is 67.9 Å². The number of thioether (sulfide) groups is 1. The van der Waals surface area contributed by atoms with Crippen molar-refractivity contribution < 1.29 is 0 Å². The van der Waals surface area contributed by atoms with Gasteiger partial charge in [-0.25, -0.2) is 9.97 Å². The summed E-state index contributed by atoms with van der Waals surface area (Å²) in [4.78, 5) is 9.76. The van der Waals surface area contributed by atoms with E-state index in [1.54, 1.807) is 11.8 Å². The van der Waals surface area contributed by atoms with E-state index in [9.17, 15) is 0 Å². The van der Waals surface area contributed by atoms with E-state index in [2.05, 4.69) is 86.5 Å². The summed E-state index contributed by atoms with van der Waals surface area (Å²) in [5, 5.41) is 0.829. The average molecular weight is 502 g/mol. The molecule has 1 aliphatic carbocycles. The predicted octanol–water partition coefficient (Wildman–Crippen LogP) is 7.27. The highest BCUT2D eigenvalue weighted by Crippen LogP contribution is 2.37. The number of fused-ring (bicyclic) bond motifs is 1. The lowest BCUT2D eigenvalue weighted by Crippen LogP contribution is -2.09. The summed E-state index contributed by atoms with van der Waals surface area (Å²) in [7, 11) is 0. The molecule has 0 fully saturated rings. The van der Waals surface area contributed by atoms with Crippen LogP contribution in [-0.4, -0.2) is 16.2 Å². The molecular weight excluding hydrogens is 484 g/mol. The molecule has 5 heteroatoms. The Morgan fingerprint density at radius 2 is 1.48 bits per heavy atom. The first-order valence-electron chi connectivity index (χ1n) is 8.81. The van der Waals surface area contributed by atoms with E-state index in [0.29, 0.717) is 0 Å². The van der Waals surface area contributed by atoms with Crippen molar-refractivity contribution in [2.75, 3.05) is 6.26 Å². The maximum absolute atomic E-state index is 4.90. The van der Waals surface area contributed by atoms with Gasteiger partial charge in [0.1, 0.15) is 0 Å². The predicted molar refractivity (Wildman–Crippen MR) is 122 cm³/mol. The summed E-state index contributed by atoms with van der Waals surface area (Å²) in [6.07, 6.45) is 7.50. The molecular formula is C22H18Br2N2S. The van der Waals surface area contributed by atoms with Crippen LogP contribution in [-0.2, 0) is 6.42 Å². The molecule has 0 aliphatic heterocycles. The Balaban J connectivity index is 1.85. The molecule has 136 valence electrons. The minimum absolute atomic E-state index is 0.829. The number of benzene rings is 2. The fraction of sp³-hybridized carbons (Fsp3) is 0.182. The second kappa shape index (κ2) is 8.29. The molecule has 0 N–H and O–H groups in total. The van der Waals surface area contributed by atoms with Gasteiger partial charge in [-0.2, -0.15) is 0 Å². The van der Waals surface area contributed by atoms with E-state index in [4.69, 9.17) is 9.97 Å². The number of hydrogen-bond donors (Lipinski definition) is 0. The van der Waals surface area contributed by atoms with Crippen LogP contribution in [0.2, 0.25) is 0 Å². The SMILES string of the molecule is CSc1nc2c(c(-c3ccc(Br)cc3)n1)CCC/C2=C\c1ccc(Br)cc1. The Hall–Kier alpha value is -1.43. The van der Waals surface area contributed by atoms with Gasteiger partial charge in [0, 0.05) is 20.1 Å². The normalized spacial score (nSPS) is 15.0. The highest BCUT2D eigenvalue weighted by atomic mass is 79.9. The second-order valence-corrected chi connectivity index (χ2v) is 9.07. The van der Waals surface area contributed by atoms with Gasteiger partial charge in [0.25, 0.3) is 0 Å². The fourth-order valence-corrected chi connectivity index (χ4v) is 4.27. The molecule has 1 aliphatic rings. The lowest BCUT2D eigenvalue weighted by Gasteiger charge is -2.21. The van der Waals surface area contributed by atoms with Gasteiger partial charge in [-0.3, -0.25) is 0 Å². The van der Waals surface area contributed by atoms with Crippen molar-refractivity contribution in [1.29, 1.82) is 0 Å². The number of halogens is 2. The number of nitrogens with zero attached hydrogens (tertiary/aromatic N) is 2. The first-order valence-corrected chi connectivity index (χ1v) is 11.6. The molecule has 0 unspecified atom stereocenters. The third-order valence-corrected chi connectivity index (χ3v) is 6.28. The van der Waals surface area contributed by atoms with Gasteiger partial charge in [0.05, 0.1) is 11.4 Å². The Labute approximate surface area is 180 Å². The topological polar surface area (TPSA) is 25.8 Å². The minimum Gasteiger partial charge on any atom is -0.223 e. The number of hydrogen-bond acceptors (Lipinski definition) is 3. The van der Waals surface area contributed by atoms with E-state index < -0.39 is 0 Å². The summed E-state index contributed by atoms with van der Waals surface area (Å²) < 4.78 is 2.17. The van der Waals surface area contributed by atoms with Crippen LogP contribution in [0.15, 0.2) is 62.6 Å². The van der Waals surface area contributed by atoms with Gasteiger partial charge in [-0.05, 0) is 67.0 Å². The Kier molecular flexibility index (Phi) is 5.81. The zero-order valence-electron chi connectivity index (χ0n) is 14.9. The van der Waals surface area contributed by atoms with Gasteiger partial charge in [0.15, 0.2) is 5.16 Å².